The van der Waals surface area contributed by atoms with Gasteiger partial charge in [-0.25, -0.2) is 0 Å². The highest BCUT2D eigenvalue weighted by molar-refractivity contribution is 5.97. The van der Waals surface area contributed by atoms with Gasteiger partial charge in [0.05, 0.1) is 0 Å². The lowest BCUT2D eigenvalue weighted by atomic mass is 10.0. The van der Waals surface area contributed by atoms with Gasteiger partial charge in [0, 0.05) is 17.9 Å². The minimum absolute atomic E-state index is 0.0307. The molecule has 0 heterocycles. The van der Waals surface area contributed by atoms with Crippen LogP contribution in [0.3, 0.4) is 0 Å². The largest absolute Gasteiger partial charge is 0.356 e. The minimum Gasteiger partial charge on any atom is -0.356 e. The van der Waals surface area contributed by atoms with Crippen molar-refractivity contribution in [1.82, 2.24) is 0 Å². The van der Waals surface area contributed by atoms with Gasteiger partial charge in [0.25, 0.3) is 5.91 Å². The van der Waals surface area contributed by atoms with Crippen LogP contribution in [0.5, 0.6) is 0 Å². The van der Waals surface area contributed by atoms with Crippen LogP contribution >= 0.6 is 0 Å². The van der Waals surface area contributed by atoms with E-state index in [4.69, 9.17) is 0 Å². The average molecular weight is 387 g/mol. The van der Waals surface area contributed by atoms with E-state index in [-0.39, 0.29) is 5.91 Å². The second kappa shape index (κ2) is 9.42. The predicted octanol–water partition coefficient (Wildman–Crippen LogP) is 6.32. The Balaban J connectivity index is 1.93. The van der Waals surface area contributed by atoms with E-state index in [1.165, 1.54) is 11.1 Å². The normalized spacial score (nSPS) is 11.9. The number of carbonyl (C=O) groups is 1. The topological polar surface area (TPSA) is 32.3 Å². The van der Waals surface area contributed by atoms with E-state index in [1.807, 2.05) is 48.5 Å². The average Bonchev–Trinajstić information content (AvgIpc) is 2.72. The Morgan fingerprint density at radius 2 is 1.59 bits per heavy atom. The number of hydrogen-bond donors (Lipinski definition) is 1. The maximum Gasteiger partial charge on any atom is 0.251 e. The molecule has 1 amide bonds. The molecule has 0 bridgehead atoms. The van der Waals surface area contributed by atoms with Crippen LogP contribution in [0.2, 0.25) is 0 Å². The molecule has 0 aliphatic rings. The molecule has 0 fully saturated rings. The van der Waals surface area contributed by atoms with Crippen LogP contribution in [0.4, 0.5) is 11.4 Å². The van der Waals surface area contributed by atoms with Gasteiger partial charge in [0.1, 0.15) is 6.04 Å². The third kappa shape index (κ3) is 5.05. The maximum absolute atomic E-state index is 13.4. The predicted molar refractivity (Wildman–Crippen MR) is 123 cm³/mol. The summed E-state index contributed by atoms with van der Waals surface area (Å²) in [6, 6.07) is 26.0. The maximum atomic E-state index is 13.4. The van der Waals surface area contributed by atoms with E-state index in [0.717, 1.165) is 23.5 Å². The number of nitrogens with zero attached hydrogens (tertiary/aromatic N) is 1. The summed E-state index contributed by atoms with van der Waals surface area (Å²) >= 11 is 0. The summed E-state index contributed by atoms with van der Waals surface area (Å²) in [5.41, 5.74) is 5.29. The van der Waals surface area contributed by atoms with Gasteiger partial charge in [-0.05, 0) is 60.7 Å². The molecule has 3 aromatic rings. The fourth-order valence-corrected chi connectivity index (χ4v) is 3.59. The van der Waals surface area contributed by atoms with E-state index in [0.29, 0.717) is 5.92 Å². The summed E-state index contributed by atoms with van der Waals surface area (Å²) in [7, 11) is 0. The van der Waals surface area contributed by atoms with Crippen molar-refractivity contribution in [3.05, 3.63) is 95.6 Å². The molecule has 3 aromatic carbocycles. The van der Waals surface area contributed by atoms with Gasteiger partial charge in [0.2, 0.25) is 0 Å². The Morgan fingerprint density at radius 1 is 0.897 bits per heavy atom. The summed E-state index contributed by atoms with van der Waals surface area (Å²) in [5, 5.41) is 3.13. The van der Waals surface area contributed by atoms with E-state index < -0.39 is 6.04 Å². The highest BCUT2D eigenvalue weighted by Gasteiger charge is 2.27. The van der Waals surface area contributed by atoms with Crippen molar-refractivity contribution in [2.24, 2.45) is 0 Å². The molecule has 3 heteroatoms. The van der Waals surface area contributed by atoms with E-state index >= 15 is 0 Å². The summed E-state index contributed by atoms with van der Waals surface area (Å²) in [6.07, 6.45) is 0. The zero-order valence-electron chi connectivity index (χ0n) is 17.7. The number of likely N-dealkylation sites (N-methyl/N-ethyl adjacent to an activating group) is 1. The van der Waals surface area contributed by atoms with Crippen LogP contribution in [0.25, 0.3) is 0 Å². The fourth-order valence-electron chi connectivity index (χ4n) is 3.59. The number of rotatable bonds is 7. The van der Waals surface area contributed by atoms with Crippen molar-refractivity contribution in [1.29, 1.82) is 0 Å². The number of carbonyl (C=O) groups excluding carboxylic acids is 1. The number of amides is 1. The van der Waals surface area contributed by atoms with Gasteiger partial charge in [-0.1, -0.05) is 68.4 Å². The van der Waals surface area contributed by atoms with Gasteiger partial charge in [-0.3, -0.25) is 4.79 Å². The van der Waals surface area contributed by atoms with Crippen molar-refractivity contribution >= 4 is 17.3 Å². The Labute approximate surface area is 174 Å². The van der Waals surface area contributed by atoms with E-state index in [2.05, 4.69) is 68.2 Å². The number of anilines is 2. The summed E-state index contributed by atoms with van der Waals surface area (Å²) in [4.78, 5) is 15.6. The van der Waals surface area contributed by atoms with Crippen molar-refractivity contribution in [3.63, 3.8) is 0 Å². The highest BCUT2D eigenvalue weighted by Crippen LogP contribution is 2.29. The molecule has 0 saturated heterocycles. The Kier molecular flexibility index (Phi) is 6.71. The summed E-state index contributed by atoms with van der Waals surface area (Å²) in [6.45, 7) is 9.22. The lowest BCUT2D eigenvalue weighted by Gasteiger charge is -2.32. The molecule has 3 rings (SSSR count). The van der Waals surface area contributed by atoms with E-state index in [1.54, 1.807) is 0 Å². The van der Waals surface area contributed by atoms with Crippen molar-refractivity contribution in [2.75, 3.05) is 16.8 Å². The summed E-state index contributed by atoms with van der Waals surface area (Å²) < 4.78 is 0. The molecule has 150 valence electrons. The SMILES string of the molecule is CCN(c1cccc(C)c1)[C@H](C(=O)Nc1ccc(C(C)C)cc1)c1ccccc1. The Bertz CT molecular complexity index is 932. The molecular formula is C26H30N2O. The molecule has 3 nitrogen and oxygen atoms in total. The van der Waals surface area contributed by atoms with Gasteiger partial charge < -0.3 is 10.2 Å². The smallest absolute Gasteiger partial charge is 0.251 e. The third-order valence-corrected chi connectivity index (χ3v) is 5.19. The minimum atomic E-state index is -0.409. The first-order valence-corrected chi connectivity index (χ1v) is 10.3. The second-order valence-electron chi connectivity index (χ2n) is 7.70. The number of hydrogen-bond acceptors (Lipinski definition) is 2. The monoisotopic (exact) mass is 386 g/mol. The number of benzene rings is 3. The number of nitrogens with one attached hydrogen (secondary N) is 1. The standard InChI is InChI=1S/C26H30N2O/c1-5-28(24-13-9-10-20(4)18-24)25(22-11-7-6-8-12-22)26(29)27-23-16-14-21(15-17-23)19(2)3/h6-19,25H,5H2,1-4H3,(H,27,29)/t25-/m0/s1. The van der Waals surface area contributed by atoms with Crippen LogP contribution in [-0.2, 0) is 4.79 Å². The molecular weight excluding hydrogens is 356 g/mol. The number of aryl methyl sites for hydroxylation is 1. The van der Waals surface area contributed by atoms with Gasteiger partial charge in [-0.2, -0.15) is 0 Å². The molecule has 0 radical (unpaired) electrons. The first-order valence-electron chi connectivity index (χ1n) is 10.3. The first kappa shape index (κ1) is 20.7. The quantitative estimate of drug-likeness (QED) is 0.515. The van der Waals surface area contributed by atoms with Crippen molar-refractivity contribution < 1.29 is 4.79 Å². The van der Waals surface area contributed by atoms with Crippen molar-refractivity contribution in [2.45, 2.75) is 39.7 Å². The lowest BCUT2D eigenvalue weighted by molar-refractivity contribution is -0.117. The first-order chi connectivity index (χ1) is 14.0. The van der Waals surface area contributed by atoms with Crippen LogP contribution in [0.1, 0.15) is 49.4 Å². The molecule has 1 atom stereocenters. The van der Waals surface area contributed by atoms with Gasteiger partial charge in [0.15, 0.2) is 0 Å². The second-order valence-corrected chi connectivity index (χ2v) is 7.70. The molecule has 0 unspecified atom stereocenters. The third-order valence-electron chi connectivity index (χ3n) is 5.19. The van der Waals surface area contributed by atoms with Gasteiger partial charge in [-0.15, -0.1) is 0 Å². The Hall–Kier alpha value is -3.07. The molecule has 0 aliphatic carbocycles. The zero-order chi connectivity index (χ0) is 20.8. The fraction of sp³-hybridized carbons (Fsp3) is 0.269. The van der Waals surface area contributed by atoms with Crippen LogP contribution in [-0.4, -0.2) is 12.5 Å². The zero-order valence-corrected chi connectivity index (χ0v) is 17.7. The van der Waals surface area contributed by atoms with Crippen LogP contribution in [0, 0.1) is 6.92 Å². The van der Waals surface area contributed by atoms with E-state index in [9.17, 15) is 4.79 Å². The van der Waals surface area contributed by atoms with Crippen LogP contribution in [0.15, 0.2) is 78.9 Å². The lowest BCUT2D eigenvalue weighted by Crippen LogP contribution is -2.37. The molecule has 0 spiro atoms. The summed E-state index contributed by atoms with van der Waals surface area (Å²) in [5.74, 6) is 0.436. The van der Waals surface area contributed by atoms with Gasteiger partial charge >= 0.3 is 0 Å². The molecule has 0 saturated carbocycles. The molecule has 0 aliphatic heterocycles. The highest BCUT2D eigenvalue weighted by atomic mass is 16.2. The Morgan fingerprint density at radius 3 is 2.17 bits per heavy atom. The van der Waals surface area contributed by atoms with Crippen molar-refractivity contribution in [3.8, 4) is 0 Å². The molecule has 1 N–H and O–H groups in total. The molecule has 0 aromatic heterocycles. The van der Waals surface area contributed by atoms with Crippen LogP contribution < -0.4 is 10.2 Å². The molecule has 29 heavy (non-hydrogen) atoms.